The van der Waals surface area contributed by atoms with Crippen LogP contribution in [-0.2, 0) is 6.61 Å². The van der Waals surface area contributed by atoms with E-state index in [-0.39, 0.29) is 12.4 Å². The van der Waals surface area contributed by atoms with Crippen molar-refractivity contribution in [3.8, 4) is 5.75 Å². The molecule has 0 fully saturated rings. The molecule has 0 saturated carbocycles. The predicted molar refractivity (Wildman–Crippen MR) is 77.3 cm³/mol. The van der Waals surface area contributed by atoms with Crippen LogP contribution in [0.5, 0.6) is 5.75 Å². The minimum absolute atomic E-state index is 0.0416. The van der Waals surface area contributed by atoms with Gasteiger partial charge in [-0.25, -0.2) is 0 Å². The Bertz CT molecular complexity index is 808. The highest BCUT2D eigenvalue weighted by molar-refractivity contribution is 6.03. The summed E-state index contributed by atoms with van der Waals surface area (Å²) in [4.78, 5) is 15.9. The van der Waals surface area contributed by atoms with E-state index in [1.165, 1.54) is 6.92 Å². The van der Waals surface area contributed by atoms with Crippen LogP contribution in [0.2, 0.25) is 0 Å². The second-order valence-corrected chi connectivity index (χ2v) is 4.74. The molecule has 0 unspecified atom stereocenters. The zero-order valence-corrected chi connectivity index (χ0v) is 11.8. The highest BCUT2D eigenvalue weighted by Gasteiger charge is 2.14. The van der Waals surface area contributed by atoms with Gasteiger partial charge in [-0.05, 0) is 18.4 Å². The van der Waals surface area contributed by atoms with Gasteiger partial charge in [-0.1, -0.05) is 35.5 Å². The van der Waals surface area contributed by atoms with Crippen molar-refractivity contribution < 1.29 is 14.1 Å². The number of carbonyl (C=O) groups is 1. The van der Waals surface area contributed by atoms with Crippen LogP contribution in [0, 0.1) is 6.92 Å². The molecule has 0 N–H and O–H groups in total. The van der Waals surface area contributed by atoms with Crippen molar-refractivity contribution in [3.63, 3.8) is 0 Å². The highest BCUT2D eigenvalue weighted by Crippen LogP contribution is 2.30. The Morgan fingerprint density at radius 3 is 2.76 bits per heavy atom. The smallest absolute Gasteiger partial charge is 0.223 e. The number of hydrogen-bond donors (Lipinski definition) is 0. The SMILES string of the molecule is CC(=O)c1ccc2ccccc2c1OCc1noc(C)n1. The van der Waals surface area contributed by atoms with Crippen LogP contribution < -0.4 is 4.74 Å². The van der Waals surface area contributed by atoms with E-state index in [1.54, 1.807) is 13.0 Å². The van der Waals surface area contributed by atoms with E-state index < -0.39 is 0 Å². The molecular weight excluding hydrogens is 268 g/mol. The molecular formula is C16H14N2O3. The summed E-state index contributed by atoms with van der Waals surface area (Å²) < 4.78 is 10.7. The number of nitrogens with zero attached hydrogens (tertiary/aromatic N) is 2. The van der Waals surface area contributed by atoms with E-state index >= 15 is 0 Å². The van der Waals surface area contributed by atoms with Crippen LogP contribution in [0.1, 0.15) is 29.0 Å². The molecule has 0 bridgehead atoms. The van der Waals surface area contributed by atoms with Gasteiger partial charge in [0.2, 0.25) is 11.7 Å². The molecule has 1 aromatic heterocycles. The van der Waals surface area contributed by atoms with Gasteiger partial charge >= 0.3 is 0 Å². The van der Waals surface area contributed by atoms with E-state index in [4.69, 9.17) is 9.26 Å². The fourth-order valence-corrected chi connectivity index (χ4v) is 2.21. The Hall–Kier alpha value is -2.69. The number of carbonyl (C=O) groups excluding carboxylic acids is 1. The first-order chi connectivity index (χ1) is 10.1. The number of ketones is 1. The second kappa shape index (κ2) is 5.36. The molecule has 5 nitrogen and oxygen atoms in total. The summed E-state index contributed by atoms with van der Waals surface area (Å²) in [5, 5.41) is 5.70. The van der Waals surface area contributed by atoms with E-state index in [0.717, 1.165) is 10.8 Å². The lowest BCUT2D eigenvalue weighted by Crippen LogP contribution is -2.03. The number of ether oxygens (including phenoxy) is 1. The third kappa shape index (κ3) is 2.63. The van der Waals surface area contributed by atoms with Crippen molar-refractivity contribution in [3.05, 3.63) is 53.7 Å². The molecule has 21 heavy (non-hydrogen) atoms. The Labute approximate surface area is 121 Å². The van der Waals surface area contributed by atoms with Crippen LogP contribution in [0.3, 0.4) is 0 Å². The molecule has 0 aliphatic rings. The Balaban J connectivity index is 2.01. The summed E-state index contributed by atoms with van der Waals surface area (Å²) in [6, 6.07) is 11.5. The maximum atomic E-state index is 11.8. The van der Waals surface area contributed by atoms with Crippen LogP contribution in [-0.4, -0.2) is 15.9 Å². The van der Waals surface area contributed by atoms with Crippen LogP contribution >= 0.6 is 0 Å². The number of fused-ring (bicyclic) bond motifs is 1. The van der Waals surface area contributed by atoms with E-state index in [2.05, 4.69) is 10.1 Å². The van der Waals surface area contributed by atoms with Gasteiger partial charge in [-0.3, -0.25) is 4.79 Å². The van der Waals surface area contributed by atoms with E-state index in [9.17, 15) is 4.79 Å². The first-order valence-electron chi connectivity index (χ1n) is 6.60. The molecule has 0 aliphatic heterocycles. The lowest BCUT2D eigenvalue weighted by molar-refractivity contribution is 0.101. The van der Waals surface area contributed by atoms with Crippen LogP contribution in [0.25, 0.3) is 10.8 Å². The molecule has 0 saturated heterocycles. The molecule has 0 aliphatic carbocycles. The van der Waals surface area contributed by atoms with Gasteiger partial charge < -0.3 is 9.26 Å². The van der Waals surface area contributed by atoms with Gasteiger partial charge in [-0.2, -0.15) is 4.98 Å². The number of rotatable bonds is 4. The van der Waals surface area contributed by atoms with Crippen molar-refractivity contribution in [2.75, 3.05) is 0 Å². The van der Waals surface area contributed by atoms with Crippen molar-refractivity contribution in [2.45, 2.75) is 20.5 Å². The predicted octanol–water partition coefficient (Wildman–Crippen LogP) is 3.31. The largest absolute Gasteiger partial charge is 0.484 e. The Morgan fingerprint density at radius 2 is 2.05 bits per heavy atom. The third-order valence-corrected chi connectivity index (χ3v) is 3.17. The average molecular weight is 282 g/mol. The van der Waals surface area contributed by atoms with Crippen molar-refractivity contribution >= 4 is 16.6 Å². The second-order valence-electron chi connectivity index (χ2n) is 4.74. The Morgan fingerprint density at radius 1 is 1.24 bits per heavy atom. The number of hydrogen-bond acceptors (Lipinski definition) is 5. The third-order valence-electron chi connectivity index (χ3n) is 3.17. The molecule has 0 spiro atoms. The maximum absolute atomic E-state index is 11.8. The summed E-state index contributed by atoms with van der Waals surface area (Å²) in [5.74, 6) is 1.45. The molecule has 0 radical (unpaired) electrons. The maximum Gasteiger partial charge on any atom is 0.223 e. The number of aryl methyl sites for hydroxylation is 1. The lowest BCUT2D eigenvalue weighted by Gasteiger charge is -2.11. The Kier molecular flexibility index (Phi) is 3.39. The summed E-state index contributed by atoms with van der Waals surface area (Å²) in [5.41, 5.74) is 0.550. The first kappa shape index (κ1) is 13.3. The zero-order chi connectivity index (χ0) is 14.8. The van der Waals surface area contributed by atoms with Crippen molar-refractivity contribution in [1.29, 1.82) is 0 Å². The number of aromatic nitrogens is 2. The fraction of sp³-hybridized carbons (Fsp3) is 0.188. The lowest BCUT2D eigenvalue weighted by atomic mass is 10.0. The average Bonchev–Trinajstić information content (AvgIpc) is 2.90. The summed E-state index contributed by atoms with van der Waals surface area (Å²) in [6.45, 7) is 3.40. The van der Waals surface area contributed by atoms with Crippen LogP contribution in [0.15, 0.2) is 40.9 Å². The molecule has 1 heterocycles. The normalized spacial score (nSPS) is 10.8. The number of benzene rings is 2. The highest BCUT2D eigenvalue weighted by atomic mass is 16.5. The van der Waals surface area contributed by atoms with Gasteiger partial charge in [0.25, 0.3) is 0 Å². The molecule has 0 atom stereocenters. The minimum Gasteiger partial charge on any atom is -0.484 e. The van der Waals surface area contributed by atoms with E-state index in [1.807, 2.05) is 30.3 Å². The molecule has 3 aromatic rings. The molecule has 0 amide bonds. The van der Waals surface area contributed by atoms with Gasteiger partial charge in [-0.15, -0.1) is 0 Å². The standard InChI is InChI=1S/C16H14N2O3/c1-10(19)13-8-7-12-5-3-4-6-14(12)16(13)20-9-15-17-11(2)21-18-15/h3-8H,9H2,1-2H3. The summed E-state index contributed by atoms with van der Waals surface area (Å²) in [6.07, 6.45) is 0. The van der Waals surface area contributed by atoms with Gasteiger partial charge in [0.1, 0.15) is 5.75 Å². The monoisotopic (exact) mass is 282 g/mol. The number of Topliss-reactive ketones (excluding diaryl/α,β-unsaturated/α-hetero) is 1. The molecule has 106 valence electrons. The summed E-state index contributed by atoms with van der Waals surface area (Å²) in [7, 11) is 0. The van der Waals surface area contributed by atoms with Gasteiger partial charge in [0.05, 0.1) is 5.56 Å². The van der Waals surface area contributed by atoms with Gasteiger partial charge in [0.15, 0.2) is 12.4 Å². The first-order valence-corrected chi connectivity index (χ1v) is 6.60. The quantitative estimate of drug-likeness (QED) is 0.687. The van der Waals surface area contributed by atoms with Crippen molar-refractivity contribution in [1.82, 2.24) is 10.1 Å². The van der Waals surface area contributed by atoms with Crippen LogP contribution in [0.4, 0.5) is 0 Å². The molecule has 3 rings (SSSR count). The van der Waals surface area contributed by atoms with Gasteiger partial charge in [0, 0.05) is 12.3 Å². The summed E-state index contributed by atoms with van der Waals surface area (Å²) >= 11 is 0. The minimum atomic E-state index is -0.0416. The topological polar surface area (TPSA) is 65.2 Å². The molecule has 2 aromatic carbocycles. The fourth-order valence-electron chi connectivity index (χ4n) is 2.21. The zero-order valence-electron chi connectivity index (χ0n) is 11.8. The van der Waals surface area contributed by atoms with Crippen molar-refractivity contribution in [2.24, 2.45) is 0 Å². The van der Waals surface area contributed by atoms with E-state index in [0.29, 0.717) is 23.0 Å². The molecule has 5 heteroatoms.